The van der Waals surface area contributed by atoms with Crippen LogP contribution < -0.4 is 4.74 Å². The minimum absolute atomic E-state index is 0.453. The smallest absolute Gasteiger partial charge is 0.119 e. The fourth-order valence-electron chi connectivity index (χ4n) is 1.82. The van der Waals surface area contributed by atoms with Crippen molar-refractivity contribution in [2.45, 2.75) is 13.0 Å². The number of aliphatic hydroxyl groups is 1. The zero-order valence-corrected chi connectivity index (χ0v) is 11.9. The van der Waals surface area contributed by atoms with E-state index < -0.39 is 6.10 Å². The van der Waals surface area contributed by atoms with E-state index in [0.29, 0.717) is 22.2 Å². The van der Waals surface area contributed by atoms with Gasteiger partial charge in [-0.05, 0) is 36.8 Å². The van der Waals surface area contributed by atoms with Crippen molar-refractivity contribution in [1.82, 2.24) is 0 Å². The molecule has 0 aromatic heterocycles. The van der Waals surface area contributed by atoms with Crippen molar-refractivity contribution in [3.05, 3.63) is 63.6 Å². The van der Waals surface area contributed by atoms with E-state index in [4.69, 9.17) is 27.9 Å². The number of ether oxygens (including phenoxy) is 1. The predicted octanol–water partition coefficient (Wildman–Crippen LogP) is 4.47. The molecule has 2 aromatic carbocycles. The summed E-state index contributed by atoms with van der Waals surface area (Å²) >= 11 is 11.9. The third kappa shape index (κ3) is 3.41. The molecule has 0 unspecified atom stereocenters. The Hall–Kier alpha value is -1.22. The standard InChI is InChI=1S/C15H14Cl2O2/c1-2-19-12-6-3-10(4-7-12)15(18)13-8-5-11(16)9-14(13)17/h3-9,15,18H,2H2,1H3/t15-/m1/s1. The monoisotopic (exact) mass is 296 g/mol. The van der Waals surface area contributed by atoms with Gasteiger partial charge in [-0.2, -0.15) is 0 Å². The second-order valence-electron chi connectivity index (χ2n) is 4.07. The summed E-state index contributed by atoms with van der Waals surface area (Å²) in [6.07, 6.45) is -0.777. The summed E-state index contributed by atoms with van der Waals surface area (Å²) in [5, 5.41) is 11.3. The Morgan fingerprint density at radius 3 is 2.37 bits per heavy atom. The summed E-state index contributed by atoms with van der Waals surface area (Å²) in [7, 11) is 0. The Morgan fingerprint density at radius 1 is 1.11 bits per heavy atom. The molecule has 0 aliphatic carbocycles. The second-order valence-corrected chi connectivity index (χ2v) is 4.91. The molecular formula is C15H14Cl2O2. The van der Waals surface area contributed by atoms with Crippen molar-refractivity contribution in [1.29, 1.82) is 0 Å². The first-order chi connectivity index (χ1) is 9.11. The molecule has 0 heterocycles. The molecule has 2 aromatic rings. The van der Waals surface area contributed by atoms with Gasteiger partial charge in [0.05, 0.1) is 6.61 Å². The first kappa shape index (κ1) is 14.2. The molecule has 0 saturated heterocycles. The molecule has 0 saturated carbocycles. The molecule has 0 spiro atoms. The fourth-order valence-corrected chi connectivity index (χ4v) is 2.33. The van der Waals surface area contributed by atoms with Crippen LogP contribution in [0.5, 0.6) is 5.75 Å². The molecule has 0 aliphatic rings. The second kappa shape index (κ2) is 6.29. The maximum Gasteiger partial charge on any atom is 0.119 e. The van der Waals surface area contributed by atoms with Gasteiger partial charge in [-0.15, -0.1) is 0 Å². The van der Waals surface area contributed by atoms with Gasteiger partial charge in [-0.25, -0.2) is 0 Å². The maximum absolute atomic E-state index is 10.3. The third-order valence-corrected chi connectivity index (χ3v) is 3.33. The highest BCUT2D eigenvalue weighted by Crippen LogP contribution is 2.31. The average Bonchev–Trinajstić information content (AvgIpc) is 2.39. The molecule has 2 nitrogen and oxygen atoms in total. The summed E-state index contributed by atoms with van der Waals surface area (Å²) in [4.78, 5) is 0. The van der Waals surface area contributed by atoms with Gasteiger partial charge >= 0.3 is 0 Å². The van der Waals surface area contributed by atoms with Crippen molar-refractivity contribution in [3.8, 4) is 5.75 Å². The van der Waals surface area contributed by atoms with Gasteiger partial charge in [0.25, 0.3) is 0 Å². The number of hydrogen-bond donors (Lipinski definition) is 1. The lowest BCUT2D eigenvalue weighted by Crippen LogP contribution is -2.00. The molecule has 0 radical (unpaired) electrons. The van der Waals surface area contributed by atoms with Gasteiger partial charge in [0.2, 0.25) is 0 Å². The number of benzene rings is 2. The number of aliphatic hydroxyl groups excluding tert-OH is 1. The molecule has 0 aliphatic heterocycles. The van der Waals surface area contributed by atoms with E-state index in [0.717, 1.165) is 11.3 Å². The van der Waals surface area contributed by atoms with Crippen molar-refractivity contribution in [2.75, 3.05) is 6.61 Å². The Kier molecular flexibility index (Phi) is 4.70. The van der Waals surface area contributed by atoms with Gasteiger partial charge in [-0.3, -0.25) is 0 Å². The van der Waals surface area contributed by atoms with E-state index in [1.165, 1.54) is 0 Å². The van der Waals surface area contributed by atoms with E-state index in [9.17, 15) is 5.11 Å². The van der Waals surface area contributed by atoms with E-state index in [1.54, 1.807) is 18.2 Å². The molecule has 1 N–H and O–H groups in total. The summed E-state index contributed by atoms with van der Waals surface area (Å²) in [6, 6.07) is 12.3. The lowest BCUT2D eigenvalue weighted by molar-refractivity contribution is 0.220. The highest BCUT2D eigenvalue weighted by atomic mass is 35.5. The van der Waals surface area contributed by atoms with Crippen LogP contribution in [-0.4, -0.2) is 11.7 Å². The first-order valence-corrected chi connectivity index (χ1v) is 6.73. The quantitative estimate of drug-likeness (QED) is 0.902. The summed E-state index contributed by atoms with van der Waals surface area (Å²) in [6.45, 7) is 2.54. The van der Waals surface area contributed by atoms with E-state index in [1.807, 2.05) is 31.2 Å². The zero-order valence-electron chi connectivity index (χ0n) is 10.4. The van der Waals surface area contributed by atoms with Gasteiger partial charge < -0.3 is 9.84 Å². The third-order valence-electron chi connectivity index (χ3n) is 2.76. The number of rotatable bonds is 4. The highest BCUT2D eigenvalue weighted by molar-refractivity contribution is 6.35. The molecule has 0 amide bonds. The summed E-state index contributed by atoms with van der Waals surface area (Å²) in [5.74, 6) is 0.778. The Morgan fingerprint density at radius 2 is 1.79 bits per heavy atom. The number of hydrogen-bond acceptors (Lipinski definition) is 2. The van der Waals surface area contributed by atoms with Crippen molar-refractivity contribution in [3.63, 3.8) is 0 Å². The lowest BCUT2D eigenvalue weighted by Gasteiger charge is -2.14. The molecular weight excluding hydrogens is 283 g/mol. The number of halogens is 2. The van der Waals surface area contributed by atoms with Crippen LogP contribution in [0.3, 0.4) is 0 Å². The van der Waals surface area contributed by atoms with E-state index in [-0.39, 0.29) is 0 Å². The molecule has 1 atom stereocenters. The zero-order chi connectivity index (χ0) is 13.8. The van der Waals surface area contributed by atoms with Crippen molar-refractivity contribution in [2.24, 2.45) is 0 Å². The Bertz CT molecular complexity index is 553. The molecule has 0 bridgehead atoms. The molecule has 100 valence electrons. The average molecular weight is 297 g/mol. The van der Waals surface area contributed by atoms with E-state index >= 15 is 0 Å². The topological polar surface area (TPSA) is 29.5 Å². The van der Waals surface area contributed by atoms with Crippen LogP contribution in [-0.2, 0) is 0 Å². The first-order valence-electron chi connectivity index (χ1n) is 5.97. The van der Waals surface area contributed by atoms with Crippen LogP contribution in [0.4, 0.5) is 0 Å². The van der Waals surface area contributed by atoms with Crippen LogP contribution in [0.25, 0.3) is 0 Å². The van der Waals surface area contributed by atoms with Crippen LogP contribution in [0.15, 0.2) is 42.5 Å². The Balaban J connectivity index is 2.25. The SMILES string of the molecule is CCOc1ccc([C@@H](O)c2ccc(Cl)cc2Cl)cc1. The van der Waals surface area contributed by atoms with Gasteiger partial charge in [0.1, 0.15) is 11.9 Å². The summed E-state index contributed by atoms with van der Waals surface area (Å²) in [5.41, 5.74) is 1.39. The molecule has 2 rings (SSSR count). The largest absolute Gasteiger partial charge is 0.494 e. The van der Waals surface area contributed by atoms with Crippen LogP contribution in [0, 0.1) is 0 Å². The molecule has 19 heavy (non-hydrogen) atoms. The molecule has 4 heteroatoms. The van der Waals surface area contributed by atoms with Crippen LogP contribution in [0.2, 0.25) is 10.0 Å². The lowest BCUT2D eigenvalue weighted by atomic mass is 10.0. The Labute approximate surface area is 122 Å². The normalized spacial score (nSPS) is 12.2. The van der Waals surface area contributed by atoms with Gasteiger partial charge in [0.15, 0.2) is 0 Å². The van der Waals surface area contributed by atoms with Gasteiger partial charge in [0, 0.05) is 15.6 Å². The minimum atomic E-state index is -0.777. The van der Waals surface area contributed by atoms with E-state index in [2.05, 4.69) is 0 Å². The van der Waals surface area contributed by atoms with Crippen molar-refractivity contribution < 1.29 is 9.84 Å². The maximum atomic E-state index is 10.3. The fraction of sp³-hybridized carbons (Fsp3) is 0.200. The van der Waals surface area contributed by atoms with Gasteiger partial charge in [-0.1, -0.05) is 41.4 Å². The highest BCUT2D eigenvalue weighted by Gasteiger charge is 2.14. The summed E-state index contributed by atoms with van der Waals surface area (Å²) < 4.78 is 5.36. The van der Waals surface area contributed by atoms with Crippen LogP contribution >= 0.6 is 23.2 Å². The minimum Gasteiger partial charge on any atom is -0.494 e. The predicted molar refractivity (Wildman–Crippen MR) is 78.1 cm³/mol. The van der Waals surface area contributed by atoms with Crippen LogP contribution in [0.1, 0.15) is 24.2 Å². The van der Waals surface area contributed by atoms with Crippen molar-refractivity contribution >= 4 is 23.2 Å². The molecule has 0 fully saturated rings.